The van der Waals surface area contributed by atoms with Gasteiger partial charge in [-0.05, 0) is 41.0 Å². The summed E-state index contributed by atoms with van der Waals surface area (Å²) in [6, 6.07) is 4.42. The molecule has 0 aromatic heterocycles. The summed E-state index contributed by atoms with van der Waals surface area (Å²) in [4.78, 5) is 0. The molecule has 0 spiro atoms. The first-order chi connectivity index (χ1) is 8.08. The van der Waals surface area contributed by atoms with Crippen molar-refractivity contribution in [1.82, 2.24) is 0 Å². The van der Waals surface area contributed by atoms with Crippen LogP contribution >= 0.6 is 0 Å². The molecule has 88 valence electrons. The summed E-state index contributed by atoms with van der Waals surface area (Å²) < 4.78 is 13.8. The van der Waals surface area contributed by atoms with Gasteiger partial charge in [-0.1, -0.05) is 19.6 Å². The van der Waals surface area contributed by atoms with Gasteiger partial charge in [0, 0.05) is 5.56 Å². The summed E-state index contributed by atoms with van der Waals surface area (Å²) >= 11 is 0. The van der Waals surface area contributed by atoms with Crippen LogP contribution in [0.15, 0.2) is 24.8 Å². The molecule has 2 aromatic carbocycles. The number of phenolic OH excluding ortho intramolecular Hbond substituents is 2. The standard InChI is InChI=1S/C14H13FO2/c1-3-8-5-10(16)6-9-7-12(17)14(15)11(4-2)13(8)9/h4-7,16-17H,2-3H2,1H3. The van der Waals surface area contributed by atoms with Gasteiger partial charge in [0.15, 0.2) is 11.6 Å². The lowest BCUT2D eigenvalue weighted by molar-refractivity contribution is 0.433. The van der Waals surface area contributed by atoms with E-state index in [2.05, 4.69) is 6.58 Å². The highest BCUT2D eigenvalue weighted by molar-refractivity contribution is 5.95. The Bertz CT molecular complexity index is 603. The SMILES string of the molecule is C=Cc1c(F)c(O)cc2cc(O)cc(CC)c12. The van der Waals surface area contributed by atoms with Crippen LogP contribution in [0.5, 0.6) is 11.5 Å². The van der Waals surface area contributed by atoms with Crippen LogP contribution in [0.25, 0.3) is 16.8 Å². The maximum atomic E-state index is 13.8. The van der Waals surface area contributed by atoms with E-state index >= 15 is 0 Å². The van der Waals surface area contributed by atoms with E-state index in [0.717, 1.165) is 5.56 Å². The summed E-state index contributed by atoms with van der Waals surface area (Å²) in [6.45, 7) is 5.49. The van der Waals surface area contributed by atoms with Crippen LogP contribution in [-0.2, 0) is 6.42 Å². The highest BCUT2D eigenvalue weighted by Crippen LogP contribution is 2.34. The average molecular weight is 232 g/mol. The molecule has 0 saturated heterocycles. The van der Waals surface area contributed by atoms with E-state index in [1.165, 1.54) is 18.2 Å². The zero-order chi connectivity index (χ0) is 12.6. The van der Waals surface area contributed by atoms with Crippen molar-refractivity contribution < 1.29 is 14.6 Å². The molecule has 0 atom stereocenters. The van der Waals surface area contributed by atoms with Crippen molar-refractivity contribution in [1.29, 1.82) is 0 Å². The topological polar surface area (TPSA) is 40.5 Å². The number of aromatic hydroxyl groups is 2. The van der Waals surface area contributed by atoms with Crippen molar-refractivity contribution in [3.63, 3.8) is 0 Å². The largest absolute Gasteiger partial charge is 0.508 e. The van der Waals surface area contributed by atoms with Crippen LogP contribution < -0.4 is 0 Å². The van der Waals surface area contributed by atoms with Crippen LogP contribution in [-0.4, -0.2) is 10.2 Å². The predicted octanol–water partition coefficient (Wildman–Crippen LogP) is 3.60. The lowest BCUT2D eigenvalue weighted by atomic mass is 9.96. The van der Waals surface area contributed by atoms with Crippen LogP contribution in [0.2, 0.25) is 0 Å². The van der Waals surface area contributed by atoms with Gasteiger partial charge in [0.25, 0.3) is 0 Å². The van der Waals surface area contributed by atoms with Crippen molar-refractivity contribution in [3.05, 3.63) is 41.7 Å². The fraction of sp³-hybridized carbons (Fsp3) is 0.143. The second kappa shape index (κ2) is 4.09. The molecule has 0 radical (unpaired) electrons. The summed E-state index contributed by atoms with van der Waals surface area (Å²) in [5.74, 6) is -0.997. The molecule has 2 nitrogen and oxygen atoms in total. The summed E-state index contributed by atoms with van der Waals surface area (Å²) in [7, 11) is 0. The first-order valence-corrected chi connectivity index (χ1v) is 5.38. The number of fused-ring (bicyclic) bond motifs is 1. The Labute approximate surface area is 98.6 Å². The third-order valence-corrected chi connectivity index (χ3v) is 2.84. The molecule has 17 heavy (non-hydrogen) atoms. The monoisotopic (exact) mass is 232 g/mol. The van der Waals surface area contributed by atoms with Gasteiger partial charge in [0.1, 0.15) is 5.75 Å². The maximum Gasteiger partial charge on any atom is 0.172 e. The third-order valence-electron chi connectivity index (χ3n) is 2.84. The summed E-state index contributed by atoms with van der Waals surface area (Å²) in [5.41, 5.74) is 1.10. The molecule has 2 rings (SSSR count). The highest BCUT2D eigenvalue weighted by atomic mass is 19.1. The quantitative estimate of drug-likeness (QED) is 0.830. The zero-order valence-electron chi connectivity index (χ0n) is 9.50. The molecule has 3 heteroatoms. The van der Waals surface area contributed by atoms with Gasteiger partial charge in [0.2, 0.25) is 0 Å². The molecule has 0 aliphatic heterocycles. The van der Waals surface area contributed by atoms with Crippen LogP contribution in [0.1, 0.15) is 18.1 Å². The number of phenols is 2. The molecular formula is C14H13FO2. The van der Waals surface area contributed by atoms with Crippen LogP contribution in [0.3, 0.4) is 0 Å². The van der Waals surface area contributed by atoms with Crippen molar-refractivity contribution in [2.24, 2.45) is 0 Å². The average Bonchev–Trinajstić information content (AvgIpc) is 2.30. The molecule has 0 amide bonds. The molecule has 0 heterocycles. The lowest BCUT2D eigenvalue weighted by Crippen LogP contribution is -1.92. The fourth-order valence-electron chi connectivity index (χ4n) is 2.08. The maximum absolute atomic E-state index is 13.8. The summed E-state index contributed by atoms with van der Waals surface area (Å²) in [6.07, 6.45) is 2.05. The smallest absolute Gasteiger partial charge is 0.172 e. The van der Waals surface area contributed by atoms with Crippen LogP contribution in [0.4, 0.5) is 4.39 Å². The molecule has 0 fully saturated rings. The normalized spacial score (nSPS) is 10.7. The number of hydrogen-bond acceptors (Lipinski definition) is 2. The van der Waals surface area contributed by atoms with Gasteiger partial charge in [-0.3, -0.25) is 0 Å². The van der Waals surface area contributed by atoms with Crippen molar-refractivity contribution in [3.8, 4) is 11.5 Å². The van der Waals surface area contributed by atoms with E-state index in [-0.39, 0.29) is 11.3 Å². The Morgan fingerprint density at radius 2 is 2.00 bits per heavy atom. The minimum atomic E-state index is -0.673. The second-order valence-electron chi connectivity index (χ2n) is 3.88. The number of aryl methyl sites for hydroxylation is 1. The Morgan fingerprint density at radius 3 is 2.59 bits per heavy atom. The predicted molar refractivity (Wildman–Crippen MR) is 66.7 cm³/mol. The van der Waals surface area contributed by atoms with E-state index < -0.39 is 11.6 Å². The number of rotatable bonds is 2. The van der Waals surface area contributed by atoms with Gasteiger partial charge in [-0.25, -0.2) is 4.39 Å². The van der Waals surface area contributed by atoms with Crippen molar-refractivity contribution in [2.75, 3.05) is 0 Å². The summed E-state index contributed by atoms with van der Waals surface area (Å²) in [5, 5.41) is 20.3. The Kier molecular flexibility index (Phi) is 2.76. The minimum absolute atomic E-state index is 0.107. The molecule has 2 N–H and O–H groups in total. The zero-order valence-corrected chi connectivity index (χ0v) is 9.50. The molecule has 0 bridgehead atoms. The minimum Gasteiger partial charge on any atom is -0.508 e. The third kappa shape index (κ3) is 1.73. The highest BCUT2D eigenvalue weighted by Gasteiger charge is 2.14. The lowest BCUT2D eigenvalue weighted by Gasteiger charge is -2.11. The molecule has 0 unspecified atom stereocenters. The van der Waals surface area contributed by atoms with E-state index in [1.807, 2.05) is 6.92 Å². The molecule has 0 aliphatic carbocycles. The van der Waals surface area contributed by atoms with E-state index in [0.29, 0.717) is 17.2 Å². The first kappa shape index (κ1) is 11.5. The Balaban J connectivity index is 3.00. The first-order valence-electron chi connectivity index (χ1n) is 5.38. The molecule has 2 aromatic rings. The number of halogens is 1. The molecule has 0 saturated carbocycles. The second-order valence-corrected chi connectivity index (χ2v) is 3.88. The molecule has 0 aliphatic rings. The fourth-order valence-corrected chi connectivity index (χ4v) is 2.08. The van der Waals surface area contributed by atoms with E-state index in [1.54, 1.807) is 6.07 Å². The van der Waals surface area contributed by atoms with Gasteiger partial charge in [0.05, 0.1) is 0 Å². The van der Waals surface area contributed by atoms with Crippen molar-refractivity contribution >= 4 is 16.8 Å². The van der Waals surface area contributed by atoms with Gasteiger partial charge >= 0.3 is 0 Å². The Hall–Kier alpha value is -2.03. The molecular weight excluding hydrogens is 219 g/mol. The number of benzene rings is 2. The van der Waals surface area contributed by atoms with E-state index in [4.69, 9.17) is 0 Å². The van der Waals surface area contributed by atoms with Crippen LogP contribution in [0, 0.1) is 5.82 Å². The van der Waals surface area contributed by atoms with Gasteiger partial charge in [-0.2, -0.15) is 0 Å². The van der Waals surface area contributed by atoms with Gasteiger partial charge < -0.3 is 10.2 Å². The van der Waals surface area contributed by atoms with Crippen molar-refractivity contribution in [2.45, 2.75) is 13.3 Å². The van der Waals surface area contributed by atoms with E-state index in [9.17, 15) is 14.6 Å². The Morgan fingerprint density at radius 1 is 1.29 bits per heavy atom. The van der Waals surface area contributed by atoms with Gasteiger partial charge in [-0.15, -0.1) is 0 Å². The number of hydrogen-bond donors (Lipinski definition) is 2.